The first kappa shape index (κ1) is 15.8. The Hall–Kier alpha value is -1.62. The predicted octanol–water partition coefficient (Wildman–Crippen LogP) is 2.76. The lowest BCUT2D eigenvalue weighted by Gasteiger charge is -2.35. The van der Waals surface area contributed by atoms with Crippen LogP contribution >= 0.6 is 0 Å². The zero-order valence-corrected chi connectivity index (χ0v) is 13.0. The fourth-order valence-corrected chi connectivity index (χ4v) is 2.55. The molecule has 0 aliphatic carbocycles. The van der Waals surface area contributed by atoms with Gasteiger partial charge in [0.15, 0.2) is 0 Å². The SMILES string of the molecule is CC(C)(C)OC(=O)N1CCC(C(O)c2cccnc2)CC1. The van der Waals surface area contributed by atoms with Crippen molar-refractivity contribution in [3.05, 3.63) is 30.1 Å². The van der Waals surface area contributed by atoms with Crippen LogP contribution in [0.3, 0.4) is 0 Å². The lowest BCUT2D eigenvalue weighted by Crippen LogP contribution is -2.42. The average Bonchev–Trinajstić information content (AvgIpc) is 2.46. The lowest BCUT2D eigenvalue weighted by molar-refractivity contribution is 0.00763. The Morgan fingerprint density at radius 2 is 2.10 bits per heavy atom. The van der Waals surface area contributed by atoms with Crippen LogP contribution in [0.15, 0.2) is 24.5 Å². The Bertz CT molecular complexity index is 462. The number of rotatable bonds is 2. The molecule has 0 spiro atoms. The number of aromatic nitrogens is 1. The largest absolute Gasteiger partial charge is 0.444 e. The number of carbonyl (C=O) groups excluding carboxylic acids is 1. The molecule has 2 heterocycles. The van der Waals surface area contributed by atoms with Gasteiger partial charge in [-0.05, 0) is 51.2 Å². The minimum absolute atomic E-state index is 0.160. The van der Waals surface area contributed by atoms with Crippen molar-refractivity contribution in [2.45, 2.75) is 45.3 Å². The summed E-state index contributed by atoms with van der Waals surface area (Å²) < 4.78 is 5.37. The summed E-state index contributed by atoms with van der Waals surface area (Å²) in [4.78, 5) is 17.8. The molecular weight excluding hydrogens is 268 g/mol. The highest BCUT2D eigenvalue weighted by Gasteiger charge is 2.30. The van der Waals surface area contributed by atoms with Crippen molar-refractivity contribution < 1.29 is 14.6 Å². The molecule has 21 heavy (non-hydrogen) atoms. The summed E-state index contributed by atoms with van der Waals surface area (Å²) in [6.07, 6.45) is 4.16. The van der Waals surface area contributed by atoms with Gasteiger partial charge in [-0.25, -0.2) is 4.79 Å². The number of pyridine rings is 1. The first-order chi connectivity index (χ1) is 9.87. The molecule has 1 aromatic heterocycles. The fraction of sp³-hybridized carbons (Fsp3) is 0.625. The second-order valence-corrected chi connectivity index (χ2v) is 6.54. The summed E-state index contributed by atoms with van der Waals surface area (Å²) in [5, 5.41) is 10.4. The number of ether oxygens (including phenoxy) is 1. The van der Waals surface area contributed by atoms with Gasteiger partial charge in [-0.1, -0.05) is 6.07 Å². The number of nitrogens with zero attached hydrogens (tertiary/aromatic N) is 2. The van der Waals surface area contributed by atoms with Crippen molar-refractivity contribution in [1.82, 2.24) is 9.88 Å². The molecule has 5 nitrogen and oxygen atoms in total. The standard InChI is InChI=1S/C16H24N2O3/c1-16(2,3)21-15(20)18-9-6-12(7-10-18)14(19)13-5-4-8-17-11-13/h4-5,8,11-12,14,19H,6-7,9-10H2,1-3H3. The number of carbonyl (C=O) groups is 1. The van der Waals surface area contributed by atoms with E-state index in [1.807, 2.05) is 32.9 Å². The second kappa shape index (κ2) is 6.43. The smallest absolute Gasteiger partial charge is 0.410 e. The molecule has 0 saturated carbocycles. The van der Waals surface area contributed by atoms with Crippen LogP contribution in [0.5, 0.6) is 0 Å². The maximum atomic E-state index is 12.0. The zero-order valence-electron chi connectivity index (χ0n) is 13.0. The van der Waals surface area contributed by atoms with Crippen LogP contribution in [0.4, 0.5) is 4.79 Å². The van der Waals surface area contributed by atoms with Gasteiger partial charge in [-0.2, -0.15) is 0 Å². The van der Waals surface area contributed by atoms with Crippen LogP contribution in [-0.4, -0.2) is 39.8 Å². The van der Waals surface area contributed by atoms with Gasteiger partial charge in [-0.15, -0.1) is 0 Å². The second-order valence-electron chi connectivity index (χ2n) is 6.54. The molecule has 1 amide bonds. The lowest BCUT2D eigenvalue weighted by atomic mass is 9.88. The van der Waals surface area contributed by atoms with Gasteiger partial charge in [0.2, 0.25) is 0 Å². The number of likely N-dealkylation sites (tertiary alicyclic amines) is 1. The molecule has 1 N–H and O–H groups in total. The average molecular weight is 292 g/mol. The molecule has 1 fully saturated rings. The quantitative estimate of drug-likeness (QED) is 0.910. The number of hydrogen-bond acceptors (Lipinski definition) is 4. The van der Waals surface area contributed by atoms with Gasteiger partial charge in [0.1, 0.15) is 5.60 Å². The first-order valence-electron chi connectivity index (χ1n) is 7.43. The number of amides is 1. The molecule has 0 radical (unpaired) electrons. The third-order valence-electron chi connectivity index (χ3n) is 3.66. The first-order valence-corrected chi connectivity index (χ1v) is 7.43. The normalized spacial score (nSPS) is 18.4. The van der Waals surface area contributed by atoms with Gasteiger partial charge < -0.3 is 14.7 Å². The van der Waals surface area contributed by atoms with Crippen LogP contribution in [0, 0.1) is 5.92 Å². The van der Waals surface area contributed by atoms with Gasteiger partial charge in [0, 0.05) is 25.5 Å². The summed E-state index contributed by atoms with van der Waals surface area (Å²) in [5.41, 5.74) is 0.372. The van der Waals surface area contributed by atoms with Crippen LogP contribution in [0.2, 0.25) is 0 Å². The van der Waals surface area contributed by atoms with E-state index in [1.54, 1.807) is 17.3 Å². The monoisotopic (exact) mass is 292 g/mol. The summed E-state index contributed by atoms with van der Waals surface area (Å²) in [5.74, 6) is 0.160. The van der Waals surface area contributed by atoms with Crippen molar-refractivity contribution in [2.24, 2.45) is 5.92 Å². The van der Waals surface area contributed by atoms with Gasteiger partial charge in [-0.3, -0.25) is 4.98 Å². The minimum atomic E-state index is -0.514. The van der Waals surface area contributed by atoms with Gasteiger partial charge >= 0.3 is 6.09 Å². The molecule has 0 aromatic carbocycles. The van der Waals surface area contributed by atoms with Gasteiger partial charge in [0.25, 0.3) is 0 Å². The van der Waals surface area contributed by atoms with E-state index < -0.39 is 11.7 Å². The Morgan fingerprint density at radius 1 is 1.43 bits per heavy atom. The number of aliphatic hydroxyl groups is 1. The zero-order chi connectivity index (χ0) is 15.5. The molecular formula is C16H24N2O3. The molecule has 116 valence electrons. The Balaban J connectivity index is 1.87. The van der Waals surface area contributed by atoms with E-state index in [1.165, 1.54) is 0 Å². The third-order valence-corrected chi connectivity index (χ3v) is 3.66. The molecule has 2 rings (SSSR count). The molecule has 1 aliphatic rings. The van der Waals surface area contributed by atoms with E-state index in [0.29, 0.717) is 13.1 Å². The maximum Gasteiger partial charge on any atom is 0.410 e. The molecule has 1 saturated heterocycles. The van der Waals surface area contributed by atoms with Crippen molar-refractivity contribution in [2.75, 3.05) is 13.1 Å². The Morgan fingerprint density at radius 3 is 2.62 bits per heavy atom. The van der Waals surface area contributed by atoms with E-state index in [2.05, 4.69) is 4.98 Å². The van der Waals surface area contributed by atoms with Crippen LogP contribution < -0.4 is 0 Å². The van der Waals surface area contributed by atoms with Crippen LogP contribution in [0.25, 0.3) is 0 Å². The van der Waals surface area contributed by atoms with Crippen LogP contribution in [-0.2, 0) is 4.74 Å². The molecule has 1 aromatic rings. The summed E-state index contributed by atoms with van der Waals surface area (Å²) in [7, 11) is 0. The van der Waals surface area contributed by atoms with Crippen LogP contribution in [0.1, 0.15) is 45.3 Å². The third kappa shape index (κ3) is 4.43. The highest BCUT2D eigenvalue weighted by molar-refractivity contribution is 5.68. The summed E-state index contributed by atoms with van der Waals surface area (Å²) >= 11 is 0. The van der Waals surface area contributed by atoms with Crippen molar-refractivity contribution in [3.63, 3.8) is 0 Å². The Labute approximate surface area is 125 Å². The summed E-state index contributed by atoms with van der Waals surface area (Å²) in [6.45, 7) is 6.84. The number of hydrogen-bond donors (Lipinski definition) is 1. The van der Waals surface area contributed by atoms with Crippen molar-refractivity contribution in [3.8, 4) is 0 Å². The molecule has 1 atom stereocenters. The summed E-state index contributed by atoms with van der Waals surface area (Å²) in [6, 6.07) is 3.71. The topological polar surface area (TPSA) is 62.7 Å². The number of piperidine rings is 1. The minimum Gasteiger partial charge on any atom is -0.444 e. The maximum absolute atomic E-state index is 12.0. The highest BCUT2D eigenvalue weighted by Crippen LogP contribution is 2.30. The molecule has 0 bridgehead atoms. The van der Waals surface area contributed by atoms with E-state index in [0.717, 1.165) is 18.4 Å². The van der Waals surface area contributed by atoms with E-state index in [9.17, 15) is 9.90 Å². The van der Waals surface area contributed by atoms with E-state index >= 15 is 0 Å². The van der Waals surface area contributed by atoms with Gasteiger partial charge in [0.05, 0.1) is 6.10 Å². The molecule has 5 heteroatoms. The molecule has 1 unspecified atom stereocenters. The highest BCUT2D eigenvalue weighted by atomic mass is 16.6. The van der Waals surface area contributed by atoms with E-state index in [4.69, 9.17) is 4.74 Å². The predicted molar refractivity (Wildman–Crippen MR) is 79.7 cm³/mol. The Kier molecular flexibility index (Phi) is 4.83. The van der Waals surface area contributed by atoms with Crippen molar-refractivity contribution in [1.29, 1.82) is 0 Å². The molecule has 1 aliphatic heterocycles. The number of aliphatic hydroxyl groups excluding tert-OH is 1. The fourth-order valence-electron chi connectivity index (χ4n) is 2.55. The van der Waals surface area contributed by atoms with Crippen molar-refractivity contribution >= 4 is 6.09 Å². The van der Waals surface area contributed by atoms with E-state index in [-0.39, 0.29) is 12.0 Å².